The predicted octanol–water partition coefficient (Wildman–Crippen LogP) is 25.3. The van der Waals surface area contributed by atoms with Crippen LogP contribution in [0.15, 0.2) is 461 Å². The SMILES string of the molecule is c1ccc(C[Si](Cc2ccccc2)(Cc2ccccc2)Oc2ccc(C(c3ccc(O[Si](Cc4ccccc4)(Cc4ccccc4)Cc4ccccc4)cc3)C(c3ccc(O[Si](Cc4ccccc4)(Cc4ccccc4)Cc4ccccc4)cc3)c3ccc(O[Si](Cc4ccccc4)(Cc4ccccc4)Cc4ccccc4)cc3)cc2)cc1. The summed E-state index contributed by atoms with van der Waals surface area (Å²) in [6, 6.07) is 179. The van der Waals surface area contributed by atoms with E-state index in [1.165, 1.54) is 66.8 Å². The molecule has 8 heteroatoms. The fourth-order valence-corrected chi connectivity index (χ4v) is 34.6. The maximum absolute atomic E-state index is 7.91. The van der Waals surface area contributed by atoms with E-state index < -0.39 is 33.3 Å². The van der Waals surface area contributed by atoms with Gasteiger partial charge in [-0.05, 0) is 138 Å². The molecule has 16 aromatic carbocycles. The van der Waals surface area contributed by atoms with E-state index in [1.54, 1.807) is 0 Å². The molecular weight excluding hydrogens is 1500 g/mol. The predicted molar refractivity (Wildman–Crippen MR) is 497 cm³/mol. The van der Waals surface area contributed by atoms with E-state index in [2.05, 4.69) is 461 Å². The van der Waals surface area contributed by atoms with Crippen LogP contribution in [0.2, 0.25) is 0 Å². The molecule has 0 atom stereocenters. The van der Waals surface area contributed by atoms with Gasteiger partial charge in [0.05, 0.1) is 0 Å². The maximum atomic E-state index is 7.91. The van der Waals surface area contributed by atoms with Crippen LogP contribution in [0.25, 0.3) is 0 Å². The summed E-state index contributed by atoms with van der Waals surface area (Å²) >= 11 is 0. The number of benzene rings is 16. The Morgan fingerprint density at radius 2 is 0.229 bits per heavy atom. The topological polar surface area (TPSA) is 36.9 Å². The van der Waals surface area contributed by atoms with Crippen LogP contribution in [0.5, 0.6) is 23.0 Å². The molecule has 582 valence electrons. The van der Waals surface area contributed by atoms with Gasteiger partial charge in [-0.25, -0.2) is 0 Å². The highest BCUT2D eigenvalue weighted by molar-refractivity contribution is 6.74. The molecule has 0 N–H and O–H groups in total. The van der Waals surface area contributed by atoms with Gasteiger partial charge in [0.15, 0.2) is 0 Å². The first kappa shape index (κ1) is 79.4. The fraction of sp³-hybridized carbons (Fsp3) is 0.127. The van der Waals surface area contributed by atoms with Crippen LogP contribution < -0.4 is 17.7 Å². The molecule has 0 aromatic heterocycles. The van der Waals surface area contributed by atoms with Gasteiger partial charge in [-0.2, -0.15) is 0 Å². The fourth-order valence-electron chi connectivity index (χ4n) is 17.9. The molecule has 0 aliphatic carbocycles. The van der Waals surface area contributed by atoms with Gasteiger partial charge in [0.1, 0.15) is 23.0 Å². The zero-order chi connectivity index (χ0) is 79.8. The molecule has 4 nitrogen and oxygen atoms in total. The second-order valence-electron chi connectivity index (χ2n) is 32.3. The standard InChI is InChI=1S/C110H102O4Si4/c1-13-37-89(38-14-1)77-115(78-90-39-15-2-16-40-90,79-91-41-17-3-18-42-91)111-105-69-61-101(62-70-105)109(102-63-71-106(72-64-102)112-116(80-92-43-19-4-20-44-92,81-93-45-21-5-22-46-93)82-94-47-23-6-24-48-94)110(103-65-73-107(74-66-103)113-117(83-95-49-25-7-26-50-95,84-96-51-27-8-28-52-96)85-97-53-29-9-30-54-97)104-67-75-108(76-68-104)114-118(86-98-55-31-10-32-56-98,87-99-57-33-11-34-58-99)88-100-59-35-12-36-60-100/h1-76,109-110H,77-88H2. The molecule has 0 fully saturated rings. The first-order chi connectivity index (χ1) is 58.2. The smallest absolute Gasteiger partial charge is 0.264 e. The van der Waals surface area contributed by atoms with Crippen molar-refractivity contribution in [3.63, 3.8) is 0 Å². The Bertz CT molecular complexity index is 4520. The van der Waals surface area contributed by atoms with Gasteiger partial charge in [-0.3, -0.25) is 0 Å². The third kappa shape index (κ3) is 21.8. The summed E-state index contributed by atoms with van der Waals surface area (Å²) in [6.07, 6.45) is 0. The van der Waals surface area contributed by atoms with Gasteiger partial charge in [0.2, 0.25) is 0 Å². The Labute approximate surface area is 703 Å². The molecule has 118 heavy (non-hydrogen) atoms. The zero-order valence-electron chi connectivity index (χ0n) is 67.2. The Balaban J connectivity index is 0.854. The summed E-state index contributed by atoms with van der Waals surface area (Å²) in [6.45, 7) is 0. The van der Waals surface area contributed by atoms with Gasteiger partial charge in [0, 0.05) is 84.4 Å². The summed E-state index contributed by atoms with van der Waals surface area (Å²) in [7, 11) is -11.2. The summed E-state index contributed by atoms with van der Waals surface area (Å²) in [5.74, 6) is 3.01. The average Bonchev–Trinajstić information content (AvgIpc) is 0.769. The lowest BCUT2D eigenvalue weighted by Crippen LogP contribution is -2.50. The molecule has 0 saturated heterocycles. The lowest BCUT2D eigenvalue weighted by Gasteiger charge is -2.35. The minimum atomic E-state index is -2.80. The molecule has 0 spiro atoms. The number of rotatable bonds is 37. The third-order valence-corrected chi connectivity index (χ3v) is 38.4. The summed E-state index contributed by atoms with van der Waals surface area (Å²) in [4.78, 5) is 0. The van der Waals surface area contributed by atoms with E-state index in [9.17, 15) is 0 Å². The monoisotopic (exact) mass is 1600 g/mol. The summed E-state index contributed by atoms with van der Waals surface area (Å²) in [5, 5.41) is 0. The van der Waals surface area contributed by atoms with E-state index in [4.69, 9.17) is 17.7 Å². The summed E-state index contributed by atoms with van der Waals surface area (Å²) < 4.78 is 31.6. The molecule has 0 heterocycles. The number of hydrogen-bond acceptors (Lipinski definition) is 4. The Morgan fingerprint density at radius 1 is 0.127 bits per heavy atom. The van der Waals surface area contributed by atoms with Crippen LogP contribution in [0, 0.1) is 0 Å². The first-order valence-corrected chi connectivity index (χ1v) is 51.9. The highest BCUT2D eigenvalue weighted by Gasteiger charge is 2.43. The Kier molecular flexibility index (Phi) is 26.3. The normalized spacial score (nSPS) is 11.8. The highest BCUT2D eigenvalue weighted by atomic mass is 28.4. The molecule has 0 radical (unpaired) electrons. The van der Waals surface area contributed by atoms with Crippen LogP contribution in [0.1, 0.15) is 101 Å². The zero-order valence-corrected chi connectivity index (χ0v) is 71.2. The second-order valence-corrected chi connectivity index (χ2v) is 46.8. The van der Waals surface area contributed by atoms with Crippen molar-refractivity contribution in [2.75, 3.05) is 0 Å². The Morgan fingerprint density at radius 3 is 0.331 bits per heavy atom. The molecule has 0 bridgehead atoms. The van der Waals surface area contributed by atoms with Crippen LogP contribution in [-0.4, -0.2) is 33.3 Å². The number of hydrogen-bond donors (Lipinski definition) is 0. The highest BCUT2D eigenvalue weighted by Crippen LogP contribution is 2.46. The lowest BCUT2D eigenvalue weighted by atomic mass is 9.73. The van der Waals surface area contributed by atoms with Gasteiger partial charge in [-0.1, -0.05) is 413 Å². The van der Waals surface area contributed by atoms with Crippen LogP contribution in [0.3, 0.4) is 0 Å². The van der Waals surface area contributed by atoms with E-state index in [-0.39, 0.29) is 11.8 Å². The van der Waals surface area contributed by atoms with Gasteiger partial charge >= 0.3 is 0 Å². The first-order valence-electron chi connectivity index (χ1n) is 41.8. The van der Waals surface area contributed by atoms with Crippen molar-refractivity contribution < 1.29 is 17.7 Å². The molecule has 0 amide bonds. The minimum absolute atomic E-state index is 0.244. The van der Waals surface area contributed by atoms with Crippen molar-refractivity contribution in [3.05, 3.63) is 550 Å². The molecular formula is C110H102O4Si4. The van der Waals surface area contributed by atoms with Crippen LogP contribution in [-0.2, 0) is 72.5 Å². The van der Waals surface area contributed by atoms with Crippen molar-refractivity contribution in [3.8, 4) is 23.0 Å². The molecule has 0 aliphatic rings. The van der Waals surface area contributed by atoms with Gasteiger partial charge in [0.25, 0.3) is 33.3 Å². The molecule has 16 aromatic rings. The van der Waals surface area contributed by atoms with Crippen LogP contribution >= 0.6 is 0 Å². The largest absolute Gasteiger partial charge is 0.542 e. The van der Waals surface area contributed by atoms with E-state index in [0.717, 1.165) is 118 Å². The third-order valence-electron chi connectivity index (χ3n) is 23.1. The quantitative estimate of drug-likeness (QED) is 0.0364. The van der Waals surface area contributed by atoms with E-state index in [1.807, 2.05) is 0 Å². The van der Waals surface area contributed by atoms with Crippen molar-refractivity contribution >= 4 is 33.3 Å². The van der Waals surface area contributed by atoms with Crippen molar-refractivity contribution in [1.82, 2.24) is 0 Å². The maximum Gasteiger partial charge on any atom is 0.264 e. The lowest BCUT2D eigenvalue weighted by molar-refractivity contribution is 0.521. The second kappa shape index (κ2) is 39.0. The Hall–Kier alpha value is -12.4. The van der Waals surface area contributed by atoms with Crippen molar-refractivity contribution in [1.29, 1.82) is 0 Å². The van der Waals surface area contributed by atoms with Crippen LogP contribution in [0.4, 0.5) is 0 Å². The van der Waals surface area contributed by atoms with E-state index >= 15 is 0 Å². The molecule has 0 unspecified atom stereocenters. The molecule has 0 aliphatic heterocycles. The van der Waals surface area contributed by atoms with E-state index in [0.29, 0.717) is 0 Å². The molecule has 16 rings (SSSR count). The van der Waals surface area contributed by atoms with Gasteiger partial charge < -0.3 is 17.7 Å². The minimum Gasteiger partial charge on any atom is -0.542 e. The summed E-state index contributed by atoms with van der Waals surface area (Å²) in [5.41, 5.74) is 20.1. The average molecular weight is 1600 g/mol. The van der Waals surface area contributed by atoms with Crippen molar-refractivity contribution in [2.24, 2.45) is 0 Å². The molecule has 0 saturated carbocycles. The van der Waals surface area contributed by atoms with Crippen molar-refractivity contribution in [2.45, 2.75) is 84.4 Å². The van der Waals surface area contributed by atoms with Gasteiger partial charge in [-0.15, -0.1) is 0 Å².